The normalized spacial score (nSPS) is 12.1. The zero-order valence-corrected chi connectivity index (χ0v) is 14.0. The highest BCUT2D eigenvalue weighted by Gasteiger charge is 2.09. The number of carbonyl (C=O) groups excluding carboxylic acids is 1. The van der Waals surface area contributed by atoms with Crippen molar-refractivity contribution in [3.8, 4) is 11.5 Å². The molecule has 1 unspecified atom stereocenters. The number of phenolic OH excluding ortho intramolecular Hbond substituents is 1. The molecule has 8 heteroatoms. The Morgan fingerprint density at radius 3 is 2.96 bits per heavy atom. The van der Waals surface area contributed by atoms with E-state index in [0.29, 0.717) is 16.4 Å². The molecule has 0 aliphatic rings. The molecule has 3 N–H and O–H groups in total. The van der Waals surface area contributed by atoms with E-state index in [0.717, 1.165) is 4.88 Å². The number of rotatable bonds is 7. The molecule has 0 aliphatic carbocycles. The van der Waals surface area contributed by atoms with Gasteiger partial charge in [-0.1, -0.05) is 6.07 Å². The van der Waals surface area contributed by atoms with Gasteiger partial charge in [-0.25, -0.2) is 9.78 Å². The van der Waals surface area contributed by atoms with E-state index in [1.165, 1.54) is 36.7 Å². The van der Waals surface area contributed by atoms with Crippen molar-refractivity contribution in [3.63, 3.8) is 0 Å². The van der Waals surface area contributed by atoms with Gasteiger partial charge in [0.05, 0.1) is 7.11 Å². The van der Waals surface area contributed by atoms with E-state index >= 15 is 0 Å². The van der Waals surface area contributed by atoms with E-state index in [1.54, 1.807) is 18.3 Å². The zero-order valence-electron chi connectivity index (χ0n) is 13.2. The largest absolute Gasteiger partial charge is 0.504 e. The van der Waals surface area contributed by atoms with Crippen molar-refractivity contribution in [1.29, 1.82) is 0 Å². The summed E-state index contributed by atoms with van der Waals surface area (Å²) in [7, 11) is 1.44. The summed E-state index contributed by atoms with van der Waals surface area (Å²) >= 11 is 1.39. The number of anilines is 1. The number of methoxy groups -OCH3 is 1. The summed E-state index contributed by atoms with van der Waals surface area (Å²) in [5.41, 5.74) is 0.665. The van der Waals surface area contributed by atoms with Crippen LogP contribution < -0.4 is 10.1 Å². The molecule has 0 spiro atoms. The fraction of sp³-hybridized carbons (Fsp3) is 0.250. The minimum absolute atomic E-state index is 0.0175. The van der Waals surface area contributed by atoms with Crippen LogP contribution in [0.4, 0.5) is 5.13 Å². The molecule has 1 aromatic heterocycles. The Hall–Kier alpha value is -2.58. The number of carbonyl (C=O) groups is 1. The first-order chi connectivity index (χ1) is 11.5. The topological polar surface area (TPSA) is 101 Å². The Morgan fingerprint density at radius 2 is 2.29 bits per heavy atom. The average Bonchev–Trinajstić information content (AvgIpc) is 2.97. The molecule has 1 aromatic carbocycles. The molecule has 0 amide bonds. The molecule has 0 aliphatic heterocycles. The van der Waals surface area contributed by atoms with E-state index in [1.807, 2.05) is 6.92 Å². The number of aryl methyl sites for hydroxylation is 1. The van der Waals surface area contributed by atoms with Crippen LogP contribution in [0.3, 0.4) is 0 Å². The van der Waals surface area contributed by atoms with Crippen LogP contribution >= 0.6 is 11.3 Å². The second-order valence-electron chi connectivity index (χ2n) is 4.83. The molecule has 7 nitrogen and oxygen atoms in total. The van der Waals surface area contributed by atoms with Crippen molar-refractivity contribution < 1.29 is 24.5 Å². The van der Waals surface area contributed by atoms with Gasteiger partial charge in [0.15, 0.2) is 22.9 Å². The number of aliphatic hydroxyl groups excluding tert-OH is 1. The summed E-state index contributed by atoms with van der Waals surface area (Å²) in [6.45, 7) is 1.69. The summed E-state index contributed by atoms with van der Waals surface area (Å²) in [5.74, 6) is -0.272. The number of thiazole rings is 1. The zero-order chi connectivity index (χ0) is 17.5. The lowest BCUT2D eigenvalue weighted by molar-refractivity contribution is -0.140. The first-order valence-corrected chi connectivity index (χ1v) is 7.88. The summed E-state index contributed by atoms with van der Waals surface area (Å²) in [4.78, 5) is 16.7. The van der Waals surface area contributed by atoms with E-state index in [-0.39, 0.29) is 12.4 Å². The number of aromatic nitrogens is 1. The number of hydrogen-bond donors (Lipinski definition) is 3. The van der Waals surface area contributed by atoms with E-state index in [4.69, 9.17) is 9.47 Å². The van der Waals surface area contributed by atoms with E-state index < -0.39 is 12.2 Å². The number of esters is 1. The Morgan fingerprint density at radius 1 is 1.50 bits per heavy atom. The van der Waals surface area contributed by atoms with Gasteiger partial charge < -0.3 is 25.0 Å². The number of benzene rings is 1. The van der Waals surface area contributed by atoms with Crippen LogP contribution in [0.25, 0.3) is 6.08 Å². The highest BCUT2D eigenvalue weighted by atomic mass is 32.1. The van der Waals surface area contributed by atoms with Crippen molar-refractivity contribution in [2.45, 2.75) is 13.2 Å². The maximum absolute atomic E-state index is 11.7. The highest BCUT2D eigenvalue weighted by Crippen LogP contribution is 2.26. The Bertz CT molecular complexity index is 729. The fourth-order valence-electron chi connectivity index (χ4n) is 1.78. The van der Waals surface area contributed by atoms with Gasteiger partial charge in [-0.15, -0.1) is 11.3 Å². The van der Waals surface area contributed by atoms with Gasteiger partial charge in [0.1, 0.15) is 6.61 Å². The third-order valence-corrected chi connectivity index (χ3v) is 3.75. The van der Waals surface area contributed by atoms with Crippen LogP contribution in [-0.4, -0.2) is 41.1 Å². The van der Waals surface area contributed by atoms with Crippen LogP contribution in [0, 0.1) is 6.92 Å². The average molecular weight is 350 g/mol. The number of hydrogen-bond acceptors (Lipinski definition) is 8. The maximum Gasteiger partial charge on any atom is 0.330 e. The first-order valence-electron chi connectivity index (χ1n) is 7.07. The number of aliphatic hydroxyl groups is 1. The lowest BCUT2D eigenvalue weighted by Crippen LogP contribution is -2.25. The third-order valence-electron chi connectivity index (χ3n) is 2.91. The minimum Gasteiger partial charge on any atom is -0.504 e. The molecule has 0 saturated heterocycles. The second-order valence-corrected chi connectivity index (χ2v) is 6.07. The number of phenols is 1. The molecular formula is C16H18N2O5S. The lowest BCUT2D eigenvalue weighted by Gasteiger charge is -2.11. The molecule has 0 saturated carbocycles. The van der Waals surface area contributed by atoms with Gasteiger partial charge in [-0.2, -0.15) is 0 Å². The van der Waals surface area contributed by atoms with Gasteiger partial charge in [-0.05, 0) is 30.7 Å². The Kier molecular flexibility index (Phi) is 6.16. The SMILES string of the molecule is COc1cc(/C=C/C(=O)OCC(O)Nc2ncc(C)s2)ccc1O. The van der Waals surface area contributed by atoms with E-state index in [2.05, 4.69) is 10.3 Å². The summed E-state index contributed by atoms with van der Waals surface area (Å²) in [5, 5.41) is 22.5. The van der Waals surface area contributed by atoms with Gasteiger partial charge in [-0.3, -0.25) is 0 Å². The molecule has 0 bridgehead atoms. The molecule has 1 atom stereocenters. The van der Waals surface area contributed by atoms with E-state index in [9.17, 15) is 15.0 Å². The molecule has 0 fully saturated rings. The molecule has 128 valence electrons. The van der Waals surface area contributed by atoms with Crippen molar-refractivity contribution in [2.75, 3.05) is 19.0 Å². The first kappa shape index (κ1) is 17.8. The van der Waals surface area contributed by atoms with Gasteiger partial charge >= 0.3 is 5.97 Å². The van der Waals surface area contributed by atoms with Gasteiger partial charge in [0.2, 0.25) is 0 Å². The molecule has 0 radical (unpaired) electrons. The van der Waals surface area contributed by atoms with Crippen molar-refractivity contribution in [2.24, 2.45) is 0 Å². The van der Waals surface area contributed by atoms with Crippen molar-refractivity contribution in [3.05, 3.63) is 40.9 Å². The van der Waals surface area contributed by atoms with Crippen molar-refractivity contribution >= 4 is 28.5 Å². The van der Waals surface area contributed by atoms with Crippen LogP contribution in [0.1, 0.15) is 10.4 Å². The number of aromatic hydroxyl groups is 1. The maximum atomic E-state index is 11.7. The Labute approximate surface area is 143 Å². The molecule has 2 rings (SSSR count). The quantitative estimate of drug-likeness (QED) is 0.399. The molecule has 1 heterocycles. The van der Waals surface area contributed by atoms with Crippen molar-refractivity contribution in [1.82, 2.24) is 4.98 Å². The molecular weight excluding hydrogens is 332 g/mol. The summed E-state index contributed by atoms with van der Waals surface area (Å²) in [6.07, 6.45) is 3.39. The fourth-order valence-corrected chi connectivity index (χ4v) is 2.49. The highest BCUT2D eigenvalue weighted by molar-refractivity contribution is 7.15. The summed E-state index contributed by atoms with van der Waals surface area (Å²) < 4.78 is 9.93. The van der Waals surface area contributed by atoms with Gasteiger partial charge in [0, 0.05) is 17.2 Å². The second kappa shape index (κ2) is 8.32. The van der Waals surface area contributed by atoms with Crippen LogP contribution in [-0.2, 0) is 9.53 Å². The number of ether oxygens (including phenoxy) is 2. The monoisotopic (exact) mass is 350 g/mol. The number of nitrogens with one attached hydrogen (secondary N) is 1. The van der Waals surface area contributed by atoms with Crippen LogP contribution in [0.2, 0.25) is 0 Å². The standard InChI is InChI=1S/C16H18N2O5S/c1-10-8-17-16(24-10)18-14(20)9-23-15(21)6-4-11-3-5-12(19)13(7-11)22-2/h3-8,14,19-20H,9H2,1-2H3,(H,17,18)/b6-4+. The molecule has 2 aromatic rings. The predicted molar refractivity (Wildman–Crippen MR) is 91.1 cm³/mol. The van der Waals surface area contributed by atoms with Crippen LogP contribution in [0.15, 0.2) is 30.5 Å². The van der Waals surface area contributed by atoms with Gasteiger partial charge in [0.25, 0.3) is 0 Å². The lowest BCUT2D eigenvalue weighted by atomic mass is 10.2. The Balaban J connectivity index is 1.82. The predicted octanol–water partition coefficient (Wildman–Crippen LogP) is 2.15. The third kappa shape index (κ3) is 5.25. The molecule has 24 heavy (non-hydrogen) atoms. The minimum atomic E-state index is -1.04. The summed E-state index contributed by atoms with van der Waals surface area (Å²) in [6, 6.07) is 4.68. The van der Waals surface area contributed by atoms with Crippen LogP contribution in [0.5, 0.6) is 11.5 Å². The smallest absolute Gasteiger partial charge is 0.330 e. The number of nitrogens with zero attached hydrogens (tertiary/aromatic N) is 1.